The molecular formula is C15H22O2. The fourth-order valence-electron chi connectivity index (χ4n) is 1.60. The molecule has 1 saturated heterocycles. The van der Waals surface area contributed by atoms with E-state index >= 15 is 0 Å². The molecule has 2 nitrogen and oxygen atoms in total. The van der Waals surface area contributed by atoms with Crippen LogP contribution in [0.5, 0.6) is 0 Å². The van der Waals surface area contributed by atoms with E-state index in [4.69, 9.17) is 9.47 Å². The predicted octanol–water partition coefficient (Wildman–Crippen LogP) is 3.30. The standard InChI is InChI=1S/C15H22O2/c1-5-6-7-8-9-10-11-15(14(2,3)4)16-12-13-17-15/h5,8-9H,1,6-7,12-13H2,2-4H3/b9-8+. The molecule has 0 amide bonds. The molecule has 0 bridgehead atoms. The van der Waals surface area contributed by atoms with Gasteiger partial charge in [-0.3, -0.25) is 0 Å². The summed E-state index contributed by atoms with van der Waals surface area (Å²) in [5, 5.41) is 0. The van der Waals surface area contributed by atoms with Crippen LogP contribution in [0.25, 0.3) is 0 Å². The molecule has 2 heteroatoms. The second-order valence-corrected chi connectivity index (χ2v) is 5.10. The number of hydrogen-bond donors (Lipinski definition) is 0. The molecular weight excluding hydrogens is 212 g/mol. The summed E-state index contributed by atoms with van der Waals surface area (Å²) < 4.78 is 11.4. The first kappa shape index (κ1) is 14.0. The Balaban J connectivity index is 2.65. The number of rotatable bonds is 3. The van der Waals surface area contributed by atoms with Crippen LogP contribution in [0.15, 0.2) is 24.8 Å². The van der Waals surface area contributed by atoms with E-state index in [-0.39, 0.29) is 5.41 Å². The number of allylic oxidation sites excluding steroid dienone is 3. The van der Waals surface area contributed by atoms with Gasteiger partial charge in [0, 0.05) is 5.41 Å². The van der Waals surface area contributed by atoms with E-state index in [1.165, 1.54) is 0 Å². The largest absolute Gasteiger partial charge is 0.337 e. The second-order valence-electron chi connectivity index (χ2n) is 5.10. The van der Waals surface area contributed by atoms with Crippen LogP contribution in [-0.4, -0.2) is 19.0 Å². The summed E-state index contributed by atoms with van der Waals surface area (Å²) in [6.07, 6.45) is 7.76. The highest BCUT2D eigenvalue weighted by Gasteiger charge is 2.46. The Kier molecular flexibility index (Phi) is 4.99. The Labute approximate surface area is 105 Å². The second kappa shape index (κ2) is 6.05. The minimum Gasteiger partial charge on any atom is -0.337 e. The first-order valence-corrected chi connectivity index (χ1v) is 6.08. The van der Waals surface area contributed by atoms with Crippen molar-refractivity contribution < 1.29 is 9.47 Å². The minimum atomic E-state index is -0.754. The molecule has 1 aliphatic heterocycles. The summed E-state index contributed by atoms with van der Waals surface area (Å²) in [5.41, 5.74) is -0.147. The predicted molar refractivity (Wildman–Crippen MR) is 70.4 cm³/mol. The minimum absolute atomic E-state index is 0.147. The van der Waals surface area contributed by atoms with Crippen LogP contribution < -0.4 is 0 Å². The van der Waals surface area contributed by atoms with E-state index < -0.39 is 5.79 Å². The molecule has 0 aromatic carbocycles. The quantitative estimate of drug-likeness (QED) is 0.424. The van der Waals surface area contributed by atoms with Crippen molar-refractivity contribution in [1.82, 2.24) is 0 Å². The lowest BCUT2D eigenvalue weighted by molar-refractivity contribution is -0.176. The van der Waals surface area contributed by atoms with Gasteiger partial charge in [-0.25, -0.2) is 0 Å². The van der Waals surface area contributed by atoms with Crippen LogP contribution in [0.4, 0.5) is 0 Å². The van der Waals surface area contributed by atoms with Gasteiger partial charge >= 0.3 is 0 Å². The molecule has 1 rings (SSSR count). The summed E-state index contributed by atoms with van der Waals surface area (Å²) in [7, 11) is 0. The molecule has 1 heterocycles. The van der Waals surface area contributed by atoms with Gasteiger partial charge in [-0.15, -0.1) is 6.58 Å². The molecule has 0 unspecified atom stereocenters. The highest BCUT2D eigenvalue weighted by molar-refractivity contribution is 5.23. The molecule has 1 fully saturated rings. The molecule has 0 aromatic rings. The molecule has 0 aliphatic carbocycles. The zero-order valence-electron chi connectivity index (χ0n) is 11.1. The number of unbranched alkanes of at least 4 members (excludes halogenated alkanes) is 1. The van der Waals surface area contributed by atoms with Crippen molar-refractivity contribution in [3.05, 3.63) is 24.8 Å². The van der Waals surface area contributed by atoms with Crippen molar-refractivity contribution in [2.45, 2.75) is 39.4 Å². The summed E-state index contributed by atoms with van der Waals surface area (Å²) in [6, 6.07) is 0. The normalized spacial score (nSPS) is 19.0. The number of ether oxygens (including phenoxy) is 2. The van der Waals surface area contributed by atoms with Crippen LogP contribution >= 0.6 is 0 Å². The summed E-state index contributed by atoms with van der Waals surface area (Å²) in [6.45, 7) is 11.1. The Bertz CT molecular complexity index is 330. The van der Waals surface area contributed by atoms with Gasteiger partial charge in [-0.1, -0.05) is 38.8 Å². The van der Waals surface area contributed by atoms with Crippen LogP contribution in [0, 0.1) is 17.3 Å². The van der Waals surface area contributed by atoms with E-state index in [9.17, 15) is 0 Å². The van der Waals surface area contributed by atoms with Gasteiger partial charge in [0.2, 0.25) is 5.79 Å². The molecule has 1 aliphatic rings. The Morgan fingerprint density at radius 2 is 1.88 bits per heavy atom. The van der Waals surface area contributed by atoms with Crippen LogP contribution in [-0.2, 0) is 9.47 Å². The smallest absolute Gasteiger partial charge is 0.239 e. The summed E-state index contributed by atoms with van der Waals surface area (Å²) in [4.78, 5) is 0. The van der Waals surface area contributed by atoms with Gasteiger partial charge < -0.3 is 9.47 Å². The third-order valence-electron chi connectivity index (χ3n) is 2.66. The third-order valence-corrected chi connectivity index (χ3v) is 2.66. The first-order valence-electron chi connectivity index (χ1n) is 6.08. The van der Waals surface area contributed by atoms with E-state index in [0.717, 1.165) is 12.8 Å². The molecule has 0 spiro atoms. The van der Waals surface area contributed by atoms with Gasteiger partial charge in [0.15, 0.2) is 0 Å². The molecule has 94 valence electrons. The van der Waals surface area contributed by atoms with Gasteiger partial charge in [0.05, 0.1) is 13.2 Å². The third kappa shape index (κ3) is 3.73. The Morgan fingerprint density at radius 1 is 1.24 bits per heavy atom. The maximum absolute atomic E-state index is 5.69. The average Bonchev–Trinajstić information content (AvgIpc) is 2.72. The van der Waals surface area contributed by atoms with E-state index in [0.29, 0.717) is 13.2 Å². The maximum Gasteiger partial charge on any atom is 0.239 e. The molecule has 0 N–H and O–H groups in total. The highest BCUT2D eigenvalue weighted by Crippen LogP contribution is 2.37. The van der Waals surface area contributed by atoms with Crippen molar-refractivity contribution in [3.8, 4) is 11.8 Å². The zero-order valence-corrected chi connectivity index (χ0v) is 11.1. The van der Waals surface area contributed by atoms with Crippen LogP contribution in [0.2, 0.25) is 0 Å². The monoisotopic (exact) mass is 234 g/mol. The van der Waals surface area contributed by atoms with Gasteiger partial charge in [-0.05, 0) is 24.8 Å². The van der Waals surface area contributed by atoms with E-state index in [1.54, 1.807) is 0 Å². The fraction of sp³-hybridized carbons (Fsp3) is 0.600. The molecule has 0 aromatic heterocycles. The summed E-state index contributed by atoms with van der Waals surface area (Å²) >= 11 is 0. The van der Waals surface area contributed by atoms with Crippen molar-refractivity contribution >= 4 is 0 Å². The van der Waals surface area contributed by atoms with Crippen molar-refractivity contribution in [2.24, 2.45) is 5.41 Å². The lowest BCUT2D eigenvalue weighted by Gasteiger charge is -2.34. The topological polar surface area (TPSA) is 18.5 Å². The number of hydrogen-bond acceptors (Lipinski definition) is 2. The van der Waals surface area contributed by atoms with Gasteiger partial charge in [0.25, 0.3) is 0 Å². The van der Waals surface area contributed by atoms with Crippen molar-refractivity contribution in [2.75, 3.05) is 13.2 Å². The Morgan fingerprint density at radius 3 is 2.41 bits per heavy atom. The lowest BCUT2D eigenvalue weighted by atomic mass is 9.85. The van der Waals surface area contributed by atoms with Crippen molar-refractivity contribution in [1.29, 1.82) is 0 Å². The molecule has 0 saturated carbocycles. The zero-order chi connectivity index (χ0) is 12.8. The summed E-state index contributed by atoms with van der Waals surface area (Å²) in [5.74, 6) is 5.37. The molecule has 17 heavy (non-hydrogen) atoms. The fourth-order valence-corrected chi connectivity index (χ4v) is 1.60. The van der Waals surface area contributed by atoms with Crippen LogP contribution in [0.3, 0.4) is 0 Å². The highest BCUT2D eigenvalue weighted by atomic mass is 16.7. The van der Waals surface area contributed by atoms with E-state index in [1.807, 2.05) is 18.2 Å². The van der Waals surface area contributed by atoms with Gasteiger partial charge in [-0.2, -0.15) is 0 Å². The first-order chi connectivity index (χ1) is 8.02. The van der Waals surface area contributed by atoms with E-state index in [2.05, 4.69) is 39.2 Å². The lowest BCUT2D eigenvalue weighted by Crippen LogP contribution is -2.42. The SMILES string of the molecule is C=CCC/C=C/C#CC1(C(C)(C)C)OCCO1. The van der Waals surface area contributed by atoms with Crippen LogP contribution in [0.1, 0.15) is 33.6 Å². The average molecular weight is 234 g/mol. The Hall–Kier alpha value is -1.04. The van der Waals surface area contributed by atoms with Crippen molar-refractivity contribution in [3.63, 3.8) is 0 Å². The maximum atomic E-state index is 5.69. The van der Waals surface area contributed by atoms with Gasteiger partial charge in [0.1, 0.15) is 0 Å². The molecule has 0 atom stereocenters. The molecule has 0 radical (unpaired) electrons.